The number of nitrogens with one attached hydrogen (secondary N) is 8. The minimum atomic E-state index is -1.45. The highest BCUT2D eigenvalue weighted by molar-refractivity contribution is 5.99. The summed E-state index contributed by atoms with van der Waals surface area (Å²) in [7, 11) is 0. The zero-order valence-electron chi connectivity index (χ0n) is 75.5. The van der Waals surface area contributed by atoms with Crippen LogP contribution in [-0.2, 0) is 119 Å². The summed E-state index contributed by atoms with van der Waals surface area (Å²) in [6.07, 6.45) is 3.69. The lowest BCUT2D eigenvalue weighted by Gasteiger charge is -2.29. The Bertz CT molecular complexity index is 3980. The lowest BCUT2D eigenvalue weighted by atomic mass is 9.99. The number of benzene rings is 4. The van der Waals surface area contributed by atoms with Crippen molar-refractivity contribution in [3.63, 3.8) is 0 Å². The smallest absolute Gasteiger partial charge is 0.305 e. The molecule has 5 rings (SSSR count). The molecule has 0 radical (unpaired) electrons. The van der Waals surface area contributed by atoms with Crippen molar-refractivity contribution in [1.29, 1.82) is 0 Å². The number of nitrogens with zero attached hydrogens (tertiary/aromatic N) is 3. The van der Waals surface area contributed by atoms with Crippen LogP contribution in [0.3, 0.4) is 0 Å². The first kappa shape index (κ1) is 110. The first-order valence-corrected chi connectivity index (χ1v) is 45.0. The minimum absolute atomic E-state index is 0.0146. The molecule has 8 amide bonds. The fourth-order valence-electron chi connectivity index (χ4n) is 13.3. The number of carbonyl (C=O) groups excluding carboxylic acids is 8. The number of nitrogens with two attached hydrogens (primary N) is 6. The number of carboxylic acid groups (broad SMARTS) is 1. The quantitative estimate of drug-likeness (QED) is 0.0129. The molecule has 4 aromatic carbocycles. The van der Waals surface area contributed by atoms with Gasteiger partial charge in [0.1, 0.15) is 48.3 Å². The lowest BCUT2D eigenvalue weighted by molar-refractivity contribution is -0.138. The van der Waals surface area contributed by atoms with Crippen LogP contribution in [0.1, 0.15) is 126 Å². The number of fused-ring (bicyclic) bond motifs is 1. The van der Waals surface area contributed by atoms with Gasteiger partial charge in [-0.05, 0) is 105 Å². The zero-order valence-corrected chi connectivity index (χ0v) is 75.5. The number of amides is 8. The van der Waals surface area contributed by atoms with Crippen molar-refractivity contribution in [2.45, 2.75) is 177 Å². The predicted molar refractivity (Wildman–Crippen MR) is 492 cm³/mol. The van der Waals surface area contributed by atoms with Gasteiger partial charge in [0.25, 0.3) is 0 Å². The molecule has 4 aromatic rings. The van der Waals surface area contributed by atoms with E-state index in [2.05, 4.69) is 64.1 Å². The topological polar surface area (TPSA) is 574 Å². The van der Waals surface area contributed by atoms with Crippen LogP contribution in [0.4, 0.5) is 0 Å². The third kappa shape index (κ3) is 52.3. The average Bonchev–Trinajstić information content (AvgIpc) is 0.819. The highest BCUT2D eigenvalue weighted by Crippen LogP contribution is 2.20. The van der Waals surface area contributed by atoms with Crippen LogP contribution in [0.15, 0.2) is 130 Å². The highest BCUT2D eigenvalue weighted by atomic mass is 16.6. The van der Waals surface area contributed by atoms with Crippen molar-refractivity contribution in [2.75, 3.05) is 178 Å². The van der Waals surface area contributed by atoms with Crippen LogP contribution >= 0.6 is 0 Å². The molecule has 0 spiro atoms. The second-order valence-electron chi connectivity index (χ2n) is 31.0. The zero-order chi connectivity index (χ0) is 93.8. The number of rotatable bonds is 66. The van der Waals surface area contributed by atoms with Crippen molar-refractivity contribution in [1.82, 2.24) is 42.5 Å². The van der Waals surface area contributed by atoms with E-state index in [1.807, 2.05) is 49.4 Å². The molecule has 0 aromatic heterocycles. The van der Waals surface area contributed by atoms with Crippen LogP contribution in [0.5, 0.6) is 0 Å². The Kier molecular flexibility index (Phi) is 58.7. The van der Waals surface area contributed by atoms with E-state index in [9.17, 15) is 4.79 Å². The molecule has 0 saturated carbocycles. The number of allylic oxidation sites excluding steroid dienone is 1. The molecule has 724 valence electrons. The summed E-state index contributed by atoms with van der Waals surface area (Å²) in [5, 5.41) is 33.4. The Hall–Kier alpha value is -10.6. The van der Waals surface area contributed by atoms with E-state index in [1.165, 1.54) is 0 Å². The Morgan fingerprint density at radius 2 is 0.546 bits per heavy atom. The number of carboxylic acids is 1. The molecule has 1 saturated heterocycles. The van der Waals surface area contributed by atoms with Gasteiger partial charge in [0.2, 0.25) is 47.3 Å². The van der Waals surface area contributed by atoms with Gasteiger partial charge in [-0.1, -0.05) is 134 Å². The van der Waals surface area contributed by atoms with Gasteiger partial charge in [-0.3, -0.25) is 58.1 Å². The third-order valence-corrected chi connectivity index (χ3v) is 20.1. The molecule has 1 heterocycles. The number of hydrogen-bond donors (Lipinski definition) is 15. The molecule has 1 aliphatic rings. The van der Waals surface area contributed by atoms with Gasteiger partial charge in [-0.15, -0.1) is 6.58 Å². The van der Waals surface area contributed by atoms with Gasteiger partial charge in [-0.2, -0.15) is 0 Å². The largest absolute Gasteiger partial charge is 0.481 e. The molecule has 39 nitrogen and oxygen atoms in total. The molecule has 1 aliphatic heterocycles. The summed E-state index contributed by atoms with van der Waals surface area (Å²) in [5.74, 6) is -7.95. The Labute approximate surface area is 762 Å². The Morgan fingerprint density at radius 3 is 0.854 bits per heavy atom. The number of hydrogen-bond acceptors (Lipinski definition) is 24. The number of guanidine groups is 3. The van der Waals surface area contributed by atoms with E-state index < -0.39 is 102 Å². The number of ether oxygens (including phenoxy) is 12. The van der Waals surface area contributed by atoms with Crippen molar-refractivity contribution in [2.24, 2.45) is 49.4 Å². The van der Waals surface area contributed by atoms with E-state index in [0.29, 0.717) is 214 Å². The van der Waals surface area contributed by atoms with Crippen LogP contribution in [0, 0.1) is 0 Å². The first-order valence-electron chi connectivity index (χ1n) is 45.0. The van der Waals surface area contributed by atoms with E-state index in [0.717, 1.165) is 16.3 Å². The predicted octanol–water partition coefficient (Wildman–Crippen LogP) is 1.68. The SMILES string of the molecule is C=C(C)CCCC[C@H]1NC(=O)[C@H](CCCN=C(N)N)NC(=O)[C@@H](CCCN=C(N)N)NC(=O)[C@H](CCCN=C(N)N)NC(=O)[C@H](Cc2ccc3ccccc3c2)NC(=O)[C@@H](Cc2ccccc2)NC(=O)[C@H](Cc2ccccc2)NC(=O)[C@H](CCCCCCOCCOCCOCCOCCOCCOCCOCCOCCOCCOCCOCCOCCC(=O)O)NC1=O. The summed E-state index contributed by atoms with van der Waals surface area (Å²) in [6, 6.07) is 19.7. The normalized spacial score (nSPS) is 18.1. The summed E-state index contributed by atoms with van der Waals surface area (Å²) in [4.78, 5) is 145. The summed E-state index contributed by atoms with van der Waals surface area (Å²) >= 11 is 0. The van der Waals surface area contributed by atoms with Gasteiger partial charge in [0.05, 0.1) is 158 Å². The van der Waals surface area contributed by atoms with E-state index >= 15 is 38.4 Å². The second kappa shape index (κ2) is 69.4. The maximum Gasteiger partial charge on any atom is 0.305 e. The molecule has 21 N–H and O–H groups in total. The number of unbranched alkanes of at least 4 members (excludes halogenated alkanes) is 4. The van der Waals surface area contributed by atoms with E-state index in [4.69, 9.17) is 96.4 Å². The highest BCUT2D eigenvalue weighted by Gasteiger charge is 2.37. The number of carbonyl (C=O) groups is 9. The lowest BCUT2D eigenvalue weighted by Crippen LogP contribution is -2.62. The van der Waals surface area contributed by atoms with Crippen molar-refractivity contribution < 1.29 is 105 Å². The molecule has 130 heavy (non-hydrogen) atoms. The van der Waals surface area contributed by atoms with Gasteiger partial charge in [0, 0.05) is 45.5 Å². The molecular formula is C91H143N17O22. The maximum atomic E-state index is 15.4. The number of aliphatic carboxylic acids is 1. The Balaban J connectivity index is 1.23. The van der Waals surface area contributed by atoms with Gasteiger partial charge >= 0.3 is 5.97 Å². The third-order valence-electron chi connectivity index (χ3n) is 20.1. The van der Waals surface area contributed by atoms with Gasteiger partial charge in [0.15, 0.2) is 17.9 Å². The molecule has 8 atom stereocenters. The van der Waals surface area contributed by atoms with E-state index in [1.54, 1.807) is 60.7 Å². The number of aliphatic imine (C=N–C) groups is 3. The van der Waals surface area contributed by atoms with Crippen LogP contribution in [-0.4, -0.2) is 303 Å². The van der Waals surface area contributed by atoms with Crippen LogP contribution < -0.4 is 76.9 Å². The fraction of sp³-hybridized carbons (Fsp3) is 0.604. The summed E-state index contributed by atoms with van der Waals surface area (Å²) < 4.78 is 66.5. The molecule has 0 bridgehead atoms. The molecule has 1 fully saturated rings. The fourth-order valence-corrected chi connectivity index (χ4v) is 13.3. The first-order chi connectivity index (χ1) is 63.0. The van der Waals surface area contributed by atoms with Crippen molar-refractivity contribution in [3.05, 3.63) is 132 Å². The summed E-state index contributed by atoms with van der Waals surface area (Å²) in [6.45, 7) is 15.3. The minimum Gasteiger partial charge on any atom is -0.481 e. The second-order valence-corrected chi connectivity index (χ2v) is 31.0. The van der Waals surface area contributed by atoms with Crippen LogP contribution in [0.25, 0.3) is 10.8 Å². The summed E-state index contributed by atoms with van der Waals surface area (Å²) in [5.41, 5.74) is 37.0. The van der Waals surface area contributed by atoms with Gasteiger partial charge < -0.3 is 139 Å². The van der Waals surface area contributed by atoms with Gasteiger partial charge in [-0.25, -0.2) is 0 Å². The van der Waals surface area contributed by atoms with Crippen molar-refractivity contribution >= 4 is 81.9 Å². The van der Waals surface area contributed by atoms with Crippen LogP contribution in [0.2, 0.25) is 0 Å². The monoisotopic (exact) mass is 1830 g/mol. The average molecular weight is 1830 g/mol. The molecule has 39 heteroatoms. The maximum absolute atomic E-state index is 15.4. The van der Waals surface area contributed by atoms with Crippen molar-refractivity contribution in [3.8, 4) is 0 Å². The van der Waals surface area contributed by atoms with E-state index in [-0.39, 0.29) is 121 Å². The molecule has 0 aliphatic carbocycles. The molecule has 0 unspecified atom stereocenters. The standard InChI is InChI=1S/C91H143N17O22/c1-66(2)20-12-15-28-73-81(111)101-72(27-11-3-4-16-38-119-40-42-121-44-46-123-48-50-125-52-54-127-56-58-129-60-61-130-59-57-128-55-53-126-51-49-124-47-45-122-43-41-120-39-34-80(109)110)85(115)106-77(63-67-21-7-5-8-22-67)87(117)107-78(64-68-23-9-6-10-24-68)88(118)108-79(65-69-32-33-70-25-13-14-26-71(70)62-69)86(116)105-76(31-19-37-100-91(96)97)84(114)104-75(30-18-36-99-90(94)95)83(113)103-74(82(112)102-73)29-17-35-98-89(92)93/h5-10,13-14,21-26,32-33,62,72-79H,1,3-4,11-12,15-20,27-31,34-61,63-65H2,2H3,(H,101,111)(H,102,112)(H,103,113)(H,104,114)(H,105,116)(H,106,115)(H,107,117)(H,108,118)(H,109,110)(H4,92,93,98)(H4,94,95,99)(H4,96,97,100)/t72-,73+,74-,75+,76-,77-,78+,79-/m0/s1. The molecular weight excluding hydrogens is 1680 g/mol. The Morgan fingerprint density at radius 1 is 0.292 bits per heavy atom.